The van der Waals surface area contributed by atoms with Crippen molar-refractivity contribution in [2.45, 2.75) is 0 Å². The second-order valence-electron chi connectivity index (χ2n) is 5.55. The van der Waals surface area contributed by atoms with E-state index < -0.39 is 5.97 Å². The van der Waals surface area contributed by atoms with E-state index >= 15 is 0 Å². The van der Waals surface area contributed by atoms with Crippen LogP contribution >= 0.6 is 0 Å². The molecule has 3 rings (SSSR count). The van der Waals surface area contributed by atoms with E-state index in [4.69, 9.17) is 23.7 Å². The van der Waals surface area contributed by atoms with Gasteiger partial charge in [0.15, 0.2) is 17.2 Å². The van der Waals surface area contributed by atoms with E-state index in [-0.39, 0.29) is 11.6 Å². The quantitative estimate of drug-likeness (QED) is 0.575. The minimum absolute atomic E-state index is 0.180. The zero-order valence-electron chi connectivity index (χ0n) is 15.4. The number of methoxy groups -OCH3 is 4. The van der Waals surface area contributed by atoms with Gasteiger partial charge in [0.05, 0.1) is 28.4 Å². The van der Waals surface area contributed by atoms with Crippen LogP contribution in [0.25, 0.3) is 6.08 Å². The molecule has 0 aliphatic carbocycles. The molecule has 0 fully saturated rings. The van der Waals surface area contributed by atoms with E-state index in [0.717, 1.165) is 5.56 Å². The first-order chi connectivity index (χ1) is 13.1. The van der Waals surface area contributed by atoms with E-state index in [9.17, 15) is 4.79 Å². The number of hydrogen-bond acceptors (Lipinski definition) is 7. The van der Waals surface area contributed by atoms with Crippen LogP contribution in [0.3, 0.4) is 0 Å². The molecule has 140 valence electrons. The fourth-order valence-electron chi connectivity index (χ4n) is 2.56. The Hall–Kier alpha value is -3.48. The molecular weight excluding hydrogens is 350 g/mol. The van der Waals surface area contributed by atoms with Gasteiger partial charge in [-0.3, -0.25) is 0 Å². The van der Waals surface area contributed by atoms with Gasteiger partial charge >= 0.3 is 5.97 Å². The van der Waals surface area contributed by atoms with Crippen LogP contribution in [0.5, 0.6) is 23.0 Å². The van der Waals surface area contributed by atoms with Crippen LogP contribution in [0.4, 0.5) is 0 Å². The van der Waals surface area contributed by atoms with Crippen LogP contribution in [0.2, 0.25) is 0 Å². The van der Waals surface area contributed by atoms with Crippen molar-refractivity contribution in [3.8, 4) is 23.0 Å². The molecule has 0 radical (unpaired) electrons. The number of rotatable bonds is 6. The van der Waals surface area contributed by atoms with Crippen molar-refractivity contribution in [1.29, 1.82) is 0 Å². The first kappa shape index (κ1) is 18.3. The molecule has 0 N–H and O–H groups in total. The number of carbonyl (C=O) groups excluding carboxylic acids is 1. The van der Waals surface area contributed by atoms with Gasteiger partial charge in [0.1, 0.15) is 11.5 Å². The zero-order chi connectivity index (χ0) is 19.4. The Morgan fingerprint density at radius 1 is 0.852 bits per heavy atom. The zero-order valence-corrected chi connectivity index (χ0v) is 15.4. The number of nitrogens with zero attached hydrogens (tertiary/aromatic N) is 1. The SMILES string of the molecule is COc1cc(OC)cc(C2=N/C(=C\c3ccc(OC)c(OC)c3)C(=O)O2)c1. The minimum Gasteiger partial charge on any atom is -0.497 e. The molecule has 27 heavy (non-hydrogen) atoms. The van der Waals surface area contributed by atoms with Crippen LogP contribution < -0.4 is 18.9 Å². The Morgan fingerprint density at radius 3 is 2.11 bits per heavy atom. The lowest BCUT2D eigenvalue weighted by molar-refractivity contribution is -0.129. The lowest BCUT2D eigenvalue weighted by atomic mass is 10.1. The Morgan fingerprint density at radius 2 is 1.52 bits per heavy atom. The first-order valence-corrected chi connectivity index (χ1v) is 8.06. The monoisotopic (exact) mass is 369 g/mol. The molecule has 2 aromatic carbocycles. The number of aliphatic imine (C=N–C) groups is 1. The summed E-state index contributed by atoms with van der Waals surface area (Å²) in [5, 5.41) is 0. The van der Waals surface area contributed by atoms with Crippen molar-refractivity contribution in [2.24, 2.45) is 4.99 Å². The molecular formula is C20H19NO6. The molecule has 1 aliphatic heterocycles. The number of hydrogen-bond donors (Lipinski definition) is 0. The Kier molecular flexibility index (Phi) is 5.30. The van der Waals surface area contributed by atoms with Gasteiger partial charge in [0, 0.05) is 11.6 Å². The molecule has 7 nitrogen and oxygen atoms in total. The highest BCUT2D eigenvalue weighted by molar-refractivity contribution is 6.13. The molecule has 1 heterocycles. The van der Waals surface area contributed by atoms with Gasteiger partial charge in [-0.2, -0.15) is 0 Å². The number of carbonyl (C=O) groups is 1. The summed E-state index contributed by atoms with van der Waals surface area (Å²) in [7, 11) is 6.20. The molecule has 1 aliphatic rings. The molecule has 0 atom stereocenters. The van der Waals surface area contributed by atoms with Crippen molar-refractivity contribution in [3.05, 3.63) is 53.2 Å². The van der Waals surface area contributed by atoms with Crippen molar-refractivity contribution < 1.29 is 28.5 Å². The van der Waals surface area contributed by atoms with E-state index in [2.05, 4.69) is 4.99 Å². The second kappa shape index (κ2) is 7.82. The minimum atomic E-state index is -0.540. The van der Waals surface area contributed by atoms with Crippen LogP contribution in [0.1, 0.15) is 11.1 Å². The third-order valence-electron chi connectivity index (χ3n) is 3.93. The number of cyclic esters (lactones) is 1. The van der Waals surface area contributed by atoms with E-state index in [0.29, 0.717) is 28.6 Å². The van der Waals surface area contributed by atoms with Gasteiger partial charge in [-0.05, 0) is 35.9 Å². The highest BCUT2D eigenvalue weighted by Crippen LogP contribution is 2.30. The van der Waals surface area contributed by atoms with Crippen LogP contribution in [0.15, 0.2) is 47.1 Å². The second-order valence-corrected chi connectivity index (χ2v) is 5.55. The number of benzene rings is 2. The molecule has 0 bridgehead atoms. The van der Waals surface area contributed by atoms with Gasteiger partial charge in [-0.25, -0.2) is 9.79 Å². The number of esters is 1. The molecule has 0 amide bonds. The Labute approximate surface area is 156 Å². The first-order valence-electron chi connectivity index (χ1n) is 8.06. The van der Waals surface area contributed by atoms with Crippen LogP contribution in [0, 0.1) is 0 Å². The summed E-state index contributed by atoms with van der Waals surface area (Å²) in [4.78, 5) is 16.5. The maximum Gasteiger partial charge on any atom is 0.363 e. The van der Waals surface area contributed by atoms with E-state index in [1.54, 1.807) is 70.9 Å². The predicted octanol–water partition coefficient (Wildman–Crippen LogP) is 3.07. The van der Waals surface area contributed by atoms with Gasteiger partial charge in [0.25, 0.3) is 0 Å². The maximum absolute atomic E-state index is 12.2. The van der Waals surface area contributed by atoms with E-state index in [1.165, 1.54) is 0 Å². The predicted molar refractivity (Wildman–Crippen MR) is 99.7 cm³/mol. The molecule has 7 heteroatoms. The molecule has 0 spiro atoms. The lowest BCUT2D eigenvalue weighted by Crippen LogP contribution is -2.06. The van der Waals surface area contributed by atoms with Crippen molar-refractivity contribution in [3.63, 3.8) is 0 Å². The average molecular weight is 369 g/mol. The molecule has 0 unspecified atom stereocenters. The van der Waals surface area contributed by atoms with Crippen molar-refractivity contribution >= 4 is 17.9 Å². The van der Waals surface area contributed by atoms with Crippen molar-refractivity contribution in [1.82, 2.24) is 0 Å². The van der Waals surface area contributed by atoms with Crippen LogP contribution in [-0.2, 0) is 9.53 Å². The normalized spacial score (nSPS) is 14.6. The van der Waals surface area contributed by atoms with Crippen molar-refractivity contribution in [2.75, 3.05) is 28.4 Å². The summed E-state index contributed by atoms with van der Waals surface area (Å²) in [6.07, 6.45) is 1.62. The summed E-state index contributed by atoms with van der Waals surface area (Å²) in [5.74, 6) is 1.94. The summed E-state index contributed by atoms with van der Waals surface area (Å²) < 4.78 is 26.3. The highest BCUT2D eigenvalue weighted by atomic mass is 16.6. The average Bonchev–Trinajstić information content (AvgIpc) is 3.07. The van der Waals surface area contributed by atoms with Gasteiger partial charge in [-0.15, -0.1) is 0 Å². The molecule has 0 aromatic heterocycles. The summed E-state index contributed by atoms with van der Waals surface area (Å²) in [5.41, 5.74) is 1.49. The van der Waals surface area contributed by atoms with Crippen LogP contribution in [-0.4, -0.2) is 40.3 Å². The summed E-state index contributed by atoms with van der Waals surface area (Å²) >= 11 is 0. The standard InChI is InChI=1S/C20H19NO6/c1-23-14-9-13(10-15(11-14)24-2)19-21-16(20(22)27-19)7-12-5-6-17(25-3)18(8-12)26-4/h5-11H,1-4H3/b16-7-. The third-order valence-corrected chi connectivity index (χ3v) is 3.93. The van der Waals surface area contributed by atoms with Gasteiger partial charge in [-0.1, -0.05) is 6.07 Å². The van der Waals surface area contributed by atoms with Gasteiger partial charge in [0.2, 0.25) is 5.90 Å². The Bertz CT molecular complexity index is 910. The van der Waals surface area contributed by atoms with Gasteiger partial charge < -0.3 is 23.7 Å². The fraction of sp³-hybridized carbons (Fsp3) is 0.200. The Balaban J connectivity index is 1.96. The summed E-state index contributed by atoms with van der Waals surface area (Å²) in [6, 6.07) is 10.5. The highest BCUT2D eigenvalue weighted by Gasteiger charge is 2.25. The smallest absolute Gasteiger partial charge is 0.363 e. The third kappa shape index (κ3) is 3.87. The molecule has 0 saturated heterocycles. The largest absolute Gasteiger partial charge is 0.497 e. The molecule has 2 aromatic rings. The number of ether oxygens (including phenoxy) is 5. The molecule has 0 saturated carbocycles. The maximum atomic E-state index is 12.2. The summed E-state index contributed by atoms with van der Waals surface area (Å²) in [6.45, 7) is 0. The fourth-order valence-corrected chi connectivity index (χ4v) is 2.56. The lowest BCUT2D eigenvalue weighted by Gasteiger charge is -2.07. The van der Waals surface area contributed by atoms with E-state index in [1.807, 2.05) is 0 Å². The topological polar surface area (TPSA) is 75.6 Å².